The van der Waals surface area contributed by atoms with Crippen LogP contribution in [0.15, 0.2) is 36.4 Å². The van der Waals surface area contributed by atoms with Crippen LogP contribution >= 0.6 is 0 Å². The Balaban J connectivity index is 2.84. The molecule has 0 N–H and O–H groups in total. The van der Waals surface area contributed by atoms with E-state index in [9.17, 15) is 4.79 Å². The second-order valence-electron chi connectivity index (χ2n) is 3.21. The third kappa shape index (κ3) is 2.86. The van der Waals surface area contributed by atoms with Crippen LogP contribution in [0.1, 0.15) is 19.4 Å². The van der Waals surface area contributed by atoms with Crippen molar-refractivity contribution in [2.45, 2.75) is 13.8 Å². The van der Waals surface area contributed by atoms with Gasteiger partial charge in [0.15, 0.2) is 0 Å². The molecule has 0 saturated heterocycles. The average Bonchev–Trinajstić information content (AvgIpc) is 2.19. The van der Waals surface area contributed by atoms with Crippen molar-refractivity contribution in [1.29, 1.82) is 0 Å². The Morgan fingerprint density at radius 1 is 1.31 bits per heavy atom. The maximum absolute atomic E-state index is 10.4. The summed E-state index contributed by atoms with van der Waals surface area (Å²) >= 11 is 0. The number of aldehydes is 1. The summed E-state index contributed by atoms with van der Waals surface area (Å²) in [6.07, 6.45) is 2.93. The van der Waals surface area contributed by atoms with Crippen molar-refractivity contribution in [2.24, 2.45) is 5.92 Å². The Morgan fingerprint density at radius 2 is 1.92 bits per heavy atom. The van der Waals surface area contributed by atoms with Crippen LogP contribution in [0.3, 0.4) is 0 Å². The van der Waals surface area contributed by atoms with Gasteiger partial charge in [-0.05, 0) is 18.1 Å². The molecule has 1 nitrogen and oxygen atoms in total. The van der Waals surface area contributed by atoms with E-state index in [-0.39, 0.29) is 5.92 Å². The lowest BCUT2D eigenvalue weighted by Gasteiger charge is -2.02. The average molecular weight is 174 g/mol. The van der Waals surface area contributed by atoms with Gasteiger partial charge >= 0.3 is 0 Å². The van der Waals surface area contributed by atoms with Crippen LogP contribution in [0.5, 0.6) is 0 Å². The van der Waals surface area contributed by atoms with Crippen LogP contribution < -0.4 is 0 Å². The van der Waals surface area contributed by atoms with E-state index in [1.54, 1.807) is 0 Å². The molecule has 0 bridgehead atoms. The number of carbonyl (C=O) groups is 1. The number of benzene rings is 1. The van der Waals surface area contributed by atoms with E-state index in [0.29, 0.717) is 0 Å². The highest BCUT2D eigenvalue weighted by molar-refractivity contribution is 5.68. The van der Waals surface area contributed by atoms with Crippen LogP contribution in [0.2, 0.25) is 0 Å². The molecule has 0 aliphatic carbocycles. The van der Waals surface area contributed by atoms with Gasteiger partial charge in [0.25, 0.3) is 0 Å². The van der Waals surface area contributed by atoms with E-state index in [2.05, 4.69) is 0 Å². The number of carbonyl (C=O) groups excluding carboxylic acids is 1. The summed E-state index contributed by atoms with van der Waals surface area (Å²) in [5.41, 5.74) is 2.33. The Morgan fingerprint density at radius 3 is 2.46 bits per heavy atom. The molecule has 0 amide bonds. The molecule has 0 radical (unpaired) electrons. The maximum atomic E-state index is 10.4. The second-order valence-corrected chi connectivity index (χ2v) is 3.21. The van der Waals surface area contributed by atoms with Crippen molar-refractivity contribution in [3.05, 3.63) is 42.0 Å². The fourth-order valence-corrected chi connectivity index (χ4v) is 1.23. The van der Waals surface area contributed by atoms with Gasteiger partial charge in [0.2, 0.25) is 0 Å². The fourth-order valence-electron chi connectivity index (χ4n) is 1.23. The highest BCUT2D eigenvalue weighted by Crippen LogP contribution is 2.14. The summed E-state index contributed by atoms with van der Waals surface area (Å²) in [5.74, 6) is 0.000191. The zero-order valence-electron chi connectivity index (χ0n) is 8.03. The number of allylic oxidation sites excluding steroid dienone is 2. The van der Waals surface area contributed by atoms with Gasteiger partial charge < -0.3 is 4.79 Å². The summed E-state index contributed by atoms with van der Waals surface area (Å²) in [4.78, 5) is 10.4. The van der Waals surface area contributed by atoms with Crippen molar-refractivity contribution in [3.63, 3.8) is 0 Å². The lowest BCUT2D eigenvalue weighted by molar-refractivity contribution is -0.109. The van der Waals surface area contributed by atoms with Crippen molar-refractivity contribution in [1.82, 2.24) is 0 Å². The quantitative estimate of drug-likeness (QED) is 0.644. The summed E-state index contributed by atoms with van der Waals surface area (Å²) < 4.78 is 0. The molecule has 1 atom stereocenters. The molecular weight excluding hydrogens is 160 g/mol. The van der Waals surface area contributed by atoms with Gasteiger partial charge in [-0.1, -0.05) is 43.3 Å². The first-order valence-corrected chi connectivity index (χ1v) is 4.43. The Hall–Kier alpha value is -1.37. The molecule has 1 heteroatoms. The van der Waals surface area contributed by atoms with Gasteiger partial charge in [0.05, 0.1) is 0 Å². The first-order chi connectivity index (χ1) is 6.24. The molecule has 1 aromatic rings. The third-order valence-corrected chi connectivity index (χ3v) is 1.96. The predicted octanol–water partition coefficient (Wildman–Crippen LogP) is 2.92. The molecule has 0 aliphatic rings. The van der Waals surface area contributed by atoms with Gasteiger partial charge in [-0.15, -0.1) is 0 Å². The minimum absolute atomic E-state index is 0.000191. The highest BCUT2D eigenvalue weighted by atomic mass is 16.1. The molecule has 0 spiro atoms. The normalized spacial score (nSPS) is 13.8. The molecular formula is C12H14O. The maximum Gasteiger partial charge on any atom is 0.126 e. The Kier molecular flexibility index (Phi) is 3.44. The Bertz CT molecular complexity index is 298. The van der Waals surface area contributed by atoms with Gasteiger partial charge in [0.1, 0.15) is 6.29 Å². The van der Waals surface area contributed by atoms with Crippen molar-refractivity contribution in [3.8, 4) is 0 Å². The number of hydrogen-bond acceptors (Lipinski definition) is 1. The fraction of sp³-hybridized carbons (Fsp3) is 0.250. The molecule has 1 unspecified atom stereocenters. The third-order valence-electron chi connectivity index (χ3n) is 1.96. The molecule has 0 saturated carbocycles. The van der Waals surface area contributed by atoms with Gasteiger partial charge in [-0.2, -0.15) is 0 Å². The van der Waals surface area contributed by atoms with Crippen LogP contribution in [0.4, 0.5) is 0 Å². The summed E-state index contributed by atoms with van der Waals surface area (Å²) in [5, 5.41) is 0. The Labute approximate surface area is 79.1 Å². The number of rotatable bonds is 3. The van der Waals surface area contributed by atoms with Crippen LogP contribution in [0.25, 0.3) is 5.57 Å². The van der Waals surface area contributed by atoms with Crippen molar-refractivity contribution in [2.75, 3.05) is 0 Å². The molecule has 1 aromatic carbocycles. The minimum atomic E-state index is 0.000191. The number of hydrogen-bond donors (Lipinski definition) is 0. The van der Waals surface area contributed by atoms with E-state index < -0.39 is 0 Å². The lowest BCUT2D eigenvalue weighted by Crippen LogP contribution is -1.91. The van der Waals surface area contributed by atoms with Gasteiger partial charge in [-0.25, -0.2) is 0 Å². The molecule has 0 heterocycles. The van der Waals surface area contributed by atoms with Gasteiger partial charge in [-0.3, -0.25) is 0 Å². The van der Waals surface area contributed by atoms with Gasteiger partial charge in [0, 0.05) is 5.92 Å². The summed E-state index contributed by atoms with van der Waals surface area (Å²) in [7, 11) is 0. The molecule has 13 heavy (non-hydrogen) atoms. The zero-order chi connectivity index (χ0) is 9.68. The van der Waals surface area contributed by atoms with Crippen molar-refractivity contribution >= 4 is 11.9 Å². The second kappa shape index (κ2) is 4.61. The first-order valence-electron chi connectivity index (χ1n) is 4.43. The van der Waals surface area contributed by atoms with Crippen molar-refractivity contribution < 1.29 is 4.79 Å². The van der Waals surface area contributed by atoms with E-state index in [1.165, 1.54) is 5.56 Å². The molecule has 0 fully saturated rings. The van der Waals surface area contributed by atoms with E-state index in [0.717, 1.165) is 11.9 Å². The summed E-state index contributed by atoms with van der Waals surface area (Å²) in [6.45, 7) is 3.91. The minimum Gasteiger partial charge on any atom is -0.303 e. The standard InChI is InChI=1S/C12H14O/c1-10(9-13)8-11(2)12-6-4-3-5-7-12/h3-10H,1-2H3/b11-8+. The highest BCUT2D eigenvalue weighted by Gasteiger charge is 1.97. The van der Waals surface area contributed by atoms with Crippen LogP contribution in [-0.4, -0.2) is 6.29 Å². The largest absolute Gasteiger partial charge is 0.303 e. The SMILES string of the molecule is C/C(=C\C(C)C=O)c1ccccc1. The first kappa shape index (κ1) is 9.72. The molecule has 1 rings (SSSR count). The van der Waals surface area contributed by atoms with E-state index >= 15 is 0 Å². The smallest absolute Gasteiger partial charge is 0.126 e. The van der Waals surface area contributed by atoms with Crippen LogP contribution in [-0.2, 0) is 4.79 Å². The topological polar surface area (TPSA) is 17.1 Å². The molecule has 68 valence electrons. The molecule has 0 aliphatic heterocycles. The zero-order valence-corrected chi connectivity index (χ0v) is 8.03. The van der Waals surface area contributed by atoms with E-state index in [1.807, 2.05) is 50.3 Å². The lowest BCUT2D eigenvalue weighted by atomic mass is 10.0. The molecule has 0 aromatic heterocycles. The van der Waals surface area contributed by atoms with Crippen LogP contribution in [0, 0.1) is 5.92 Å². The predicted molar refractivity (Wildman–Crippen MR) is 55.3 cm³/mol. The van der Waals surface area contributed by atoms with E-state index in [4.69, 9.17) is 0 Å². The monoisotopic (exact) mass is 174 g/mol. The summed E-state index contributed by atoms with van der Waals surface area (Å²) in [6, 6.07) is 10.1.